The Balaban J connectivity index is 1.83. The molecule has 0 spiro atoms. The van der Waals surface area contributed by atoms with Crippen molar-refractivity contribution in [2.24, 2.45) is 0 Å². The quantitative estimate of drug-likeness (QED) is 0.314. The molecule has 0 aliphatic carbocycles. The van der Waals surface area contributed by atoms with Gasteiger partial charge in [-0.1, -0.05) is 54.1 Å². The van der Waals surface area contributed by atoms with Crippen LogP contribution in [0.1, 0.15) is 34.1 Å². The van der Waals surface area contributed by atoms with Gasteiger partial charge in [-0.05, 0) is 67.6 Å². The normalized spacial score (nSPS) is 11.0. The minimum absolute atomic E-state index is 0.0156. The predicted octanol–water partition coefficient (Wildman–Crippen LogP) is 6.86. The van der Waals surface area contributed by atoms with Gasteiger partial charge in [0.15, 0.2) is 5.78 Å². The molecule has 0 unspecified atom stereocenters. The third kappa shape index (κ3) is 4.33. The number of aromatic nitrogens is 1. The van der Waals surface area contributed by atoms with Gasteiger partial charge in [-0.2, -0.15) is 0 Å². The SMILES string of the molecule is COc1ccc(CCc2ccccc2-c2c(C(C)=O)c(C)nc3cc(Cl)ccc23)cc1. The fourth-order valence-electron chi connectivity index (χ4n) is 4.12. The standard InChI is InChI=1S/C27H24ClNO2/c1-17-26(18(2)30)27(24-15-12-21(28)16-25(24)29-17)23-7-5-4-6-20(23)11-8-19-9-13-22(31-3)14-10-19/h4-7,9-10,12-16H,8,11H2,1-3H3. The van der Waals surface area contributed by atoms with E-state index in [1.165, 1.54) is 11.1 Å². The van der Waals surface area contributed by atoms with Crippen LogP contribution < -0.4 is 4.74 Å². The molecule has 31 heavy (non-hydrogen) atoms. The summed E-state index contributed by atoms with van der Waals surface area (Å²) in [4.78, 5) is 17.3. The number of aryl methyl sites for hydroxylation is 3. The fourth-order valence-corrected chi connectivity index (χ4v) is 4.29. The van der Waals surface area contributed by atoms with Gasteiger partial charge in [-0.15, -0.1) is 0 Å². The average Bonchev–Trinajstić information content (AvgIpc) is 2.77. The first kappa shape index (κ1) is 21.1. The first-order chi connectivity index (χ1) is 15.0. The number of halogens is 1. The Labute approximate surface area is 187 Å². The molecule has 0 bridgehead atoms. The first-order valence-corrected chi connectivity index (χ1v) is 10.7. The van der Waals surface area contributed by atoms with Crippen LogP contribution in [0.25, 0.3) is 22.0 Å². The van der Waals surface area contributed by atoms with E-state index >= 15 is 0 Å². The van der Waals surface area contributed by atoms with Gasteiger partial charge in [-0.25, -0.2) is 0 Å². The number of carbonyl (C=O) groups is 1. The molecule has 4 rings (SSSR count). The molecule has 0 radical (unpaired) electrons. The summed E-state index contributed by atoms with van der Waals surface area (Å²) in [5.74, 6) is 0.870. The van der Waals surface area contributed by atoms with Crippen molar-refractivity contribution in [3.63, 3.8) is 0 Å². The summed E-state index contributed by atoms with van der Waals surface area (Å²) < 4.78 is 5.26. The molecular weight excluding hydrogens is 406 g/mol. The first-order valence-electron chi connectivity index (χ1n) is 10.3. The zero-order valence-corrected chi connectivity index (χ0v) is 18.7. The smallest absolute Gasteiger partial charge is 0.162 e. The van der Waals surface area contributed by atoms with Crippen LogP contribution in [-0.2, 0) is 12.8 Å². The minimum Gasteiger partial charge on any atom is -0.497 e. The molecule has 3 aromatic carbocycles. The molecule has 0 fully saturated rings. The number of ether oxygens (including phenoxy) is 1. The average molecular weight is 430 g/mol. The third-order valence-corrected chi connectivity index (χ3v) is 5.85. The van der Waals surface area contributed by atoms with Gasteiger partial charge in [0.1, 0.15) is 5.75 Å². The van der Waals surface area contributed by atoms with E-state index in [-0.39, 0.29) is 5.78 Å². The maximum absolute atomic E-state index is 12.6. The van der Waals surface area contributed by atoms with Crippen LogP contribution in [0.15, 0.2) is 66.7 Å². The van der Waals surface area contributed by atoms with Crippen LogP contribution in [0.5, 0.6) is 5.75 Å². The van der Waals surface area contributed by atoms with E-state index in [2.05, 4.69) is 29.2 Å². The number of fused-ring (bicyclic) bond motifs is 1. The predicted molar refractivity (Wildman–Crippen MR) is 127 cm³/mol. The molecular formula is C27H24ClNO2. The van der Waals surface area contributed by atoms with Gasteiger partial charge in [-0.3, -0.25) is 9.78 Å². The summed E-state index contributed by atoms with van der Waals surface area (Å²) in [6, 6.07) is 22.1. The third-order valence-electron chi connectivity index (χ3n) is 5.61. The highest BCUT2D eigenvalue weighted by molar-refractivity contribution is 6.31. The van der Waals surface area contributed by atoms with E-state index < -0.39 is 0 Å². The number of rotatable bonds is 6. The molecule has 0 aliphatic rings. The van der Waals surface area contributed by atoms with Crippen LogP contribution >= 0.6 is 11.6 Å². The van der Waals surface area contributed by atoms with Crippen molar-refractivity contribution in [2.75, 3.05) is 7.11 Å². The maximum Gasteiger partial charge on any atom is 0.162 e. The van der Waals surface area contributed by atoms with Crippen molar-refractivity contribution in [3.05, 3.63) is 94.1 Å². The lowest BCUT2D eigenvalue weighted by Crippen LogP contribution is -2.05. The number of ketones is 1. The highest BCUT2D eigenvalue weighted by Gasteiger charge is 2.20. The van der Waals surface area contributed by atoms with E-state index in [0.717, 1.165) is 46.3 Å². The number of hydrogen-bond donors (Lipinski definition) is 0. The number of Topliss-reactive ketones (excluding diaryl/α,β-unsaturated/α-hetero) is 1. The highest BCUT2D eigenvalue weighted by atomic mass is 35.5. The Bertz CT molecular complexity index is 1260. The summed E-state index contributed by atoms with van der Waals surface area (Å²) in [6.45, 7) is 3.50. The maximum atomic E-state index is 12.6. The number of benzene rings is 3. The largest absolute Gasteiger partial charge is 0.497 e. The molecule has 3 nitrogen and oxygen atoms in total. The van der Waals surface area contributed by atoms with E-state index in [1.54, 1.807) is 14.0 Å². The van der Waals surface area contributed by atoms with Crippen molar-refractivity contribution >= 4 is 28.3 Å². The van der Waals surface area contributed by atoms with Gasteiger partial charge in [0.2, 0.25) is 0 Å². The highest BCUT2D eigenvalue weighted by Crippen LogP contribution is 2.36. The van der Waals surface area contributed by atoms with Crippen molar-refractivity contribution in [3.8, 4) is 16.9 Å². The Morgan fingerprint density at radius 2 is 1.74 bits per heavy atom. The fraction of sp³-hybridized carbons (Fsp3) is 0.185. The Morgan fingerprint density at radius 3 is 2.45 bits per heavy atom. The van der Waals surface area contributed by atoms with E-state index in [4.69, 9.17) is 16.3 Å². The van der Waals surface area contributed by atoms with Gasteiger partial charge in [0.05, 0.1) is 12.6 Å². The van der Waals surface area contributed by atoms with Crippen LogP contribution in [0.3, 0.4) is 0 Å². The monoisotopic (exact) mass is 429 g/mol. The van der Waals surface area contributed by atoms with Crippen LogP contribution in [0, 0.1) is 6.92 Å². The lowest BCUT2D eigenvalue weighted by atomic mass is 9.88. The molecule has 0 saturated carbocycles. The molecule has 156 valence electrons. The van der Waals surface area contributed by atoms with Gasteiger partial charge in [0, 0.05) is 27.2 Å². The topological polar surface area (TPSA) is 39.2 Å². The molecule has 4 heteroatoms. The number of carbonyl (C=O) groups excluding carboxylic acids is 1. The van der Waals surface area contributed by atoms with Gasteiger partial charge >= 0.3 is 0 Å². The molecule has 0 amide bonds. The Kier molecular flexibility index (Phi) is 6.06. The second-order valence-corrected chi connectivity index (χ2v) is 8.11. The van der Waals surface area contributed by atoms with Crippen LogP contribution in [-0.4, -0.2) is 17.9 Å². The molecule has 4 aromatic rings. The molecule has 0 N–H and O–H groups in total. The lowest BCUT2D eigenvalue weighted by Gasteiger charge is -2.17. The molecule has 0 saturated heterocycles. The van der Waals surface area contributed by atoms with Crippen molar-refractivity contribution < 1.29 is 9.53 Å². The summed E-state index contributed by atoms with van der Waals surface area (Å²) in [5.41, 5.74) is 6.65. The van der Waals surface area contributed by atoms with E-state index in [1.807, 2.05) is 49.4 Å². The van der Waals surface area contributed by atoms with Crippen molar-refractivity contribution in [1.82, 2.24) is 4.98 Å². The zero-order valence-electron chi connectivity index (χ0n) is 17.9. The van der Waals surface area contributed by atoms with E-state index in [0.29, 0.717) is 10.6 Å². The lowest BCUT2D eigenvalue weighted by molar-refractivity contribution is 0.101. The van der Waals surface area contributed by atoms with E-state index in [9.17, 15) is 4.79 Å². The van der Waals surface area contributed by atoms with Crippen LogP contribution in [0.2, 0.25) is 5.02 Å². The number of nitrogens with zero attached hydrogens (tertiary/aromatic N) is 1. The summed E-state index contributed by atoms with van der Waals surface area (Å²) >= 11 is 6.23. The molecule has 1 aromatic heterocycles. The van der Waals surface area contributed by atoms with Gasteiger partial charge < -0.3 is 4.74 Å². The van der Waals surface area contributed by atoms with Crippen molar-refractivity contribution in [2.45, 2.75) is 26.7 Å². The van der Waals surface area contributed by atoms with Crippen molar-refractivity contribution in [1.29, 1.82) is 0 Å². The molecule has 0 aliphatic heterocycles. The summed E-state index contributed by atoms with van der Waals surface area (Å²) in [5, 5.41) is 1.57. The zero-order chi connectivity index (χ0) is 22.0. The Morgan fingerprint density at radius 1 is 1.00 bits per heavy atom. The number of pyridine rings is 1. The summed E-state index contributed by atoms with van der Waals surface area (Å²) in [6.07, 6.45) is 1.75. The summed E-state index contributed by atoms with van der Waals surface area (Å²) in [7, 11) is 1.67. The molecule has 0 atom stereocenters. The number of hydrogen-bond acceptors (Lipinski definition) is 3. The van der Waals surface area contributed by atoms with Crippen LogP contribution in [0.4, 0.5) is 0 Å². The molecule has 1 heterocycles. The van der Waals surface area contributed by atoms with Gasteiger partial charge in [0.25, 0.3) is 0 Å². The Hall–Kier alpha value is -3.17. The minimum atomic E-state index is 0.0156. The number of methoxy groups -OCH3 is 1. The second kappa shape index (κ2) is 8.91. The second-order valence-electron chi connectivity index (χ2n) is 7.67.